The molecule has 1 aliphatic carbocycles. The highest BCUT2D eigenvalue weighted by molar-refractivity contribution is 5.78. The number of carboxylic acids is 1. The van der Waals surface area contributed by atoms with Gasteiger partial charge in [-0.05, 0) is 44.9 Å². The average molecular weight is 257 g/mol. The molecule has 0 heterocycles. The third-order valence-corrected chi connectivity index (χ3v) is 3.38. The highest BCUT2D eigenvalue weighted by Crippen LogP contribution is 2.25. The Bertz CT molecular complexity index is 264. The van der Waals surface area contributed by atoms with Crippen LogP contribution in [0.4, 0.5) is 0 Å². The molecule has 4 nitrogen and oxygen atoms in total. The maximum absolute atomic E-state index is 11.3. The van der Waals surface area contributed by atoms with Crippen molar-refractivity contribution in [2.45, 2.75) is 64.5 Å². The minimum absolute atomic E-state index is 0.410. The SMILES string of the molecule is CC(C)CCOCCCC(C)(NC1CC1)C(=O)O. The zero-order valence-corrected chi connectivity index (χ0v) is 11.9. The molecule has 0 aromatic carbocycles. The second-order valence-corrected chi connectivity index (χ2v) is 5.95. The lowest BCUT2D eigenvalue weighted by Gasteiger charge is -2.26. The molecule has 0 spiro atoms. The van der Waals surface area contributed by atoms with Gasteiger partial charge in [0.15, 0.2) is 0 Å². The lowest BCUT2D eigenvalue weighted by Crippen LogP contribution is -2.50. The van der Waals surface area contributed by atoms with E-state index in [1.165, 1.54) is 0 Å². The van der Waals surface area contributed by atoms with Crippen molar-refractivity contribution >= 4 is 5.97 Å². The highest BCUT2D eigenvalue weighted by atomic mass is 16.5. The Kier molecular flexibility index (Phi) is 6.09. The maximum Gasteiger partial charge on any atom is 0.323 e. The summed E-state index contributed by atoms with van der Waals surface area (Å²) in [5.74, 6) is -0.0950. The molecule has 106 valence electrons. The zero-order chi connectivity index (χ0) is 13.6. The fourth-order valence-electron chi connectivity index (χ4n) is 1.87. The number of ether oxygens (including phenoxy) is 1. The Hall–Kier alpha value is -0.610. The number of nitrogens with one attached hydrogen (secondary N) is 1. The van der Waals surface area contributed by atoms with Gasteiger partial charge in [0.2, 0.25) is 0 Å². The van der Waals surface area contributed by atoms with Crippen molar-refractivity contribution in [1.82, 2.24) is 5.32 Å². The minimum atomic E-state index is -0.789. The van der Waals surface area contributed by atoms with Crippen molar-refractivity contribution in [2.75, 3.05) is 13.2 Å². The van der Waals surface area contributed by atoms with Gasteiger partial charge < -0.3 is 9.84 Å². The van der Waals surface area contributed by atoms with Gasteiger partial charge >= 0.3 is 5.97 Å². The Labute approximate surface area is 110 Å². The minimum Gasteiger partial charge on any atom is -0.480 e. The van der Waals surface area contributed by atoms with Gasteiger partial charge in [-0.1, -0.05) is 13.8 Å². The summed E-state index contributed by atoms with van der Waals surface area (Å²) in [5.41, 5.74) is -0.789. The van der Waals surface area contributed by atoms with Gasteiger partial charge in [0.25, 0.3) is 0 Å². The van der Waals surface area contributed by atoms with E-state index < -0.39 is 11.5 Å². The fraction of sp³-hybridized carbons (Fsp3) is 0.929. The summed E-state index contributed by atoms with van der Waals surface area (Å²) in [6.07, 6.45) is 4.69. The number of hydrogen-bond acceptors (Lipinski definition) is 3. The van der Waals surface area contributed by atoms with Crippen LogP contribution >= 0.6 is 0 Å². The van der Waals surface area contributed by atoms with E-state index in [1.807, 2.05) is 0 Å². The topological polar surface area (TPSA) is 58.6 Å². The van der Waals surface area contributed by atoms with Gasteiger partial charge in [0.1, 0.15) is 5.54 Å². The third-order valence-electron chi connectivity index (χ3n) is 3.38. The zero-order valence-electron chi connectivity index (χ0n) is 11.9. The van der Waals surface area contributed by atoms with E-state index >= 15 is 0 Å². The lowest BCUT2D eigenvalue weighted by molar-refractivity contribution is -0.144. The molecule has 1 rings (SSSR count). The average Bonchev–Trinajstić information content (AvgIpc) is 3.06. The molecule has 0 aromatic heterocycles. The van der Waals surface area contributed by atoms with E-state index in [-0.39, 0.29) is 0 Å². The molecular formula is C14H27NO3. The molecule has 1 aliphatic rings. The first-order chi connectivity index (χ1) is 8.44. The summed E-state index contributed by atoms with van der Waals surface area (Å²) < 4.78 is 5.52. The summed E-state index contributed by atoms with van der Waals surface area (Å²) in [6.45, 7) is 7.55. The van der Waals surface area contributed by atoms with Crippen molar-refractivity contribution < 1.29 is 14.6 Å². The van der Waals surface area contributed by atoms with Crippen molar-refractivity contribution in [2.24, 2.45) is 5.92 Å². The third kappa shape index (κ3) is 5.83. The molecule has 0 aliphatic heterocycles. The Morgan fingerprint density at radius 3 is 2.61 bits per heavy atom. The van der Waals surface area contributed by atoms with Crippen LogP contribution in [-0.2, 0) is 9.53 Å². The number of aliphatic carboxylic acids is 1. The van der Waals surface area contributed by atoms with Gasteiger partial charge in [-0.3, -0.25) is 10.1 Å². The van der Waals surface area contributed by atoms with Crippen molar-refractivity contribution in [1.29, 1.82) is 0 Å². The van der Waals surface area contributed by atoms with Crippen LogP contribution in [0.25, 0.3) is 0 Å². The van der Waals surface area contributed by atoms with E-state index in [1.54, 1.807) is 6.92 Å². The van der Waals surface area contributed by atoms with Crippen molar-refractivity contribution in [3.63, 3.8) is 0 Å². The molecule has 0 saturated heterocycles. The number of carboxylic acid groups (broad SMARTS) is 1. The monoisotopic (exact) mass is 257 g/mol. The van der Waals surface area contributed by atoms with E-state index in [4.69, 9.17) is 4.74 Å². The second kappa shape index (κ2) is 7.10. The van der Waals surface area contributed by atoms with Crippen LogP contribution in [0.2, 0.25) is 0 Å². The van der Waals surface area contributed by atoms with Crippen LogP contribution in [0.3, 0.4) is 0 Å². The van der Waals surface area contributed by atoms with Gasteiger partial charge in [-0.2, -0.15) is 0 Å². The molecule has 0 aromatic rings. The summed E-state index contributed by atoms with van der Waals surface area (Å²) in [7, 11) is 0. The van der Waals surface area contributed by atoms with Crippen LogP contribution in [0.1, 0.15) is 52.9 Å². The van der Waals surface area contributed by atoms with E-state index in [9.17, 15) is 9.90 Å². The molecule has 1 unspecified atom stereocenters. The van der Waals surface area contributed by atoms with E-state index in [0.29, 0.717) is 25.0 Å². The molecule has 0 amide bonds. The van der Waals surface area contributed by atoms with E-state index in [2.05, 4.69) is 19.2 Å². The van der Waals surface area contributed by atoms with Crippen LogP contribution in [-0.4, -0.2) is 35.9 Å². The molecule has 4 heteroatoms. The smallest absolute Gasteiger partial charge is 0.323 e. The first kappa shape index (κ1) is 15.4. The number of carbonyl (C=O) groups is 1. The summed E-state index contributed by atoms with van der Waals surface area (Å²) in [5, 5.41) is 12.5. The van der Waals surface area contributed by atoms with Gasteiger partial charge in [-0.25, -0.2) is 0 Å². The van der Waals surface area contributed by atoms with Gasteiger partial charge in [-0.15, -0.1) is 0 Å². The van der Waals surface area contributed by atoms with Crippen molar-refractivity contribution in [3.8, 4) is 0 Å². The Balaban J connectivity index is 2.15. The molecule has 0 bridgehead atoms. The molecule has 1 atom stereocenters. The maximum atomic E-state index is 11.3. The van der Waals surface area contributed by atoms with E-state index in [0.717, 1.165) is 32.3 Å². The first-order valence-corrected chi connectivity index (χ1v) is 7.03. The molecule has 18 heavy (non-hydrogen) atoms. The van der Waals surface area contributed by atoms with Gasteiger partial charge in [0, 0.05) is 19.3 Å². The summed E-state index contributed by atoms with van der Waals surface area (Å²) in [6, 6.07) is 0.410. The van der Waals surface area contributed by atoms with Crippen LogP contribution in [0.5, 0.6) is 0 Å². The first-order valence-electron chi connectivity index (χ1n) is 7.03. The number of hydrogen-bond donors (Lipinski definition) is 2. The lowest BCUT2D eigenvalue weighted by atomic mass is 9.96. The predicted molar refractivity (Wildman–Crippen MR) is 71.7 cm³/mol. The Morgan fingerprint density at radius 1 is 1.44 bits per heavy atom. The molecular weight excluding hydrogens is 230 g/mol. The predicted octanol–water partition coefficient (Wildman–Crippen LogP) is 2.42. The Morgan fingerprint density at radius 2 is 2.11 bits per heavy atom. The van der Waals surface area contributed by atoms with Crippen LogP contribution in [0, 0.1) is 5.92 Å². The number of rotatable bonds is 10. The largest absolute Gasteiger partial charge is 0.480 e. The van der Waals surface area contributed by atoms with Crippen LogP contribution in [0.15, 0.2) is 0 Å². The van der Waals surface area contributed by atoms with Crippen molar-refractivity contribution in [3.05, 3.63) is 0 Å². The standard InChI is InChI=1S/C14H27NO3/c1-11(2)7-10-18-9-4-8-14(3,13(16)17)15-12-5-6-12/h11-12,15H,4-10H2,1-3H3,(H,16,17). The molecule has 1 fully saturated rings. The summed E-state index contributed by atoms with van der Waals surface area (Å²) in [4.78, 5) is 11.3. The highest BCUT2D eigenvalue weighted by Gasteiger charge is 2.37. The molecule has 2 N–H and O–H groups in total. The molecule has 0 radical (unpaired) electrons. The second-order valence-electron chi connectivity index (χ2n) is 5.95. The van der Waals surface area contributed by atoms with Gasteiger partial charge in [0.05, 0.1) is 0 Å². The molecule has 1 saturated carbocycles. The van der Waals surface area contributed by atoms with Crippen LogP contribution < -0.4 is 5.32 Å². The quantitative estimate of drug-likeness (QED) is 0.590. The fourth-order valence-corrected chi connectivity index (χ4v) is 1.87. The summed E-state index contributed by atoms with van der Waals surface area (Å²) >= 11 is 0. The normalized spacial score (nSPS) is 18.9.